The maximum atomic E-state index is 14.3. The van der Waals surface area contributed by atoms with Crippen LogP contribution in [0, 0.1) is 5.41 Å². The van der Waals surface area contributed by atoms with E-state index < -0.39 is 29.4 Å². The van der Waals surface area contributed by atoms with Crippen molar-refractivity contribution in [2.45, 2.75) is 31.8 Å². The van der Waals surface area contributed by atoms with Gasteiger partial charge in [-0.05, 0) is 18.6 Å². The predicted molar refractivity (Wildman–Crippen MR) is 134 cm³/mol. The van der Waals surface area contributed by atoms with Gasteiger partial charge in [0.1, 0.15) is 5.41 Å². The van der Waals surface area contributed by atoms with E-state index in [1.165, 1.54) is 13.8 Å². The minimum atomic E-state index is -1.54. The molecule has 3 aromatic rings. The van der Waals surface area contributed by atoms with Crippen LogP contribution in [0.3, 0.4) is 0 Å². The maximum Gasteiger partial charge on any atom is 0.308 e. The molecular formula is C30H23NO5. The van der Waals surface area contributed by atoms with Gasteiger partial charge in [0.05, 0.1) is 17.8 Å². The van der Waals surface area contributed by atoms with Crippen molar-refractivity contribution in [1.82, 2.24) is 0 Å². The monoisotopic (exact) mass is 477 g/mol. The highest BCUT2D eigenvalue weighted by Crippen LogP contribution is 2.61. The molecular weight excluding hydrogens is 454 g/mol. The molecule has 3 aromatic carbocycles. The highest BCUT2D eigenvalue weighted by Gasteiger charge is 2.71. The van der Waals surface area contributed by atoms with Crippen LogP contribution in [-0.2, 0) is 9.59 Å². The van der Waals surface area contributed by atoms with Gasteiger partial charge in [0, 0.05) is 29.5 Å². The number of ether oxygens (including phenoxy) is 1. The van der Waals surface area contributed by atoms with Crippen molar-refractivity contribution in [2.24, 2.45) is 5.41 Å². The van der Waals surface area contributed by atoms with Crippen molar-refractivity contribution < 1.29 is 23.9 Å². The Kier molecular flexibility index (Phi) is 4.83. The van der Waals surface area contributed by atoms with Gasteiger partial charge in [-0.15, -0.1) is 0 Å². The zero-order valence-corrected chi connectivity index (χ0v) is 19.8. The summed E-state index contributed by atoms with van der Waals surface area (Å²) in [6.07, 6.45) is 3.69. The summed E-state index contributed by atoms with van der Waals surface area (Å²) in [7, 11) is 0. The summed E-state index contributed by atoms with van der Waals surface area (Å²) >= 11 is 0. The van der Waals surface area contributed by atoms with E-state index in [0.29, 0.717) is 22.6 Å². The molecule has 0 radical (unpaired) electrons. The van der Waals surface area contributed by atoms with E-state index in [1.807, 2.05) is 53.5 Å². The highest BCUT2D eigenvalue weighted by atomic mass is 16.5. The minimum absolute atomic E-state index is 0.179. The first-order valence-electron chi connectivity index (χ1n) is 11.9. The topological polar surface area (TPSA) is 80.8 Å². The largest absolute Gasteiger partial charge is 0.424 e. The summed E-state index contributed by atoms with van der Waals surface area (Å²) in [5.41, 5.74) is 1.23. The first-order valence-corrected chi connectivity index (χ1v) is 11.9. The van der Waals surface area contributed by atoms with E-state index in [4.69, 9.17) is 4.74 Å². The van der Waals surface area contributed by atoms with Crippen LogP contribution in [0.25, 0.3) is 6.08 Å². The highest BCUT2D eigenvalue weighted by molar-refractivity contribution is 6.32. The van der Waals surface area contributed by atoms with Gasteiger partial charge in [0.15, 0.2) is 23.1 Å². The molecule has 1 saturated heterocycles. The average Bonchev–Trinajstić information content (AvgIpc) is 3.31. The third-order valence-corrected chi connectivity index (χ3v) is 7.62. The molecule has 1 aliphatic carbocycles. The van der Waals surface area contributed by atoms with Gasteiger partial charge in [-0.25, -0.2) is 0 Å². The lowest BCUT2D eigenvalue weighted by Gasteiger charge is -2.37. The molecule has 0 aromatic heterocycles. The summed E-state index contributed by atoms with van der Waals surface area (Å²) in [5.74, 6) is -1.69. The Morgan fingerprint density at radius 2 is 1.47 bits per heavy atom. The summed E-state index contributed by atoms with van der Waals surface area (Å²) in [6, 6.07) is 19.9. The number of Topliss-reactive ketones (excluding diaryl/α,β-unsaturated/α-hetero) is 3. The molecule has 0 unspecified atom stereocenters. The van der Waals surface area contributed by atoms with Crippen molar-refractivity contribution in [2.75, 3.05) is 4.90 Å². The second-order valence-electron chi connectivity index (χ2n) is 9.52. The van der Waals surface area contributed by atoms with Crippen molar-refractivity contribution in [3.8, 4) is 5.75 Å². The van der Waals surface area contributed by atoms with Gasteiger partial charge < -0.3 is 9.64 Å². The van der Waals surface area contributed by atoms with Crippen LogP contribution in [0.15, 0.2) is 78.9 Å². The van der Waals surface area contributed by atoms with Crippen molar-refractivity contribution >= 4 is 35.1 Å². The molecule has 1 spiro atoms. The van der Waals surface area contributed by atoms with Crippen LogP contribution in [-0.4, -0.2) is 35.4 Å². The fourth-order valence-corrected chi connectivity index (χ4v) is 6.41. The number of ketones is 3. The first-order chi connectivity index (χ1) is 17.4. The zero-order chi connectivity index (χ0) is 25.2. The number of nitrogens with zero attached hydrogens (tertiary/aromatic N) is 1. The quantitative estimate of drug-likeness (QED) is 0.311. The Morgan fingerprint density at radius 1 is 0.833 bits per heavy atom. The van der Waals surface area contributed by atoms with Crippen molar-refractivity contribution in [3.05, 3.63) is 101 Å². The van der Waals surface area contributed by atoms with Gasteiger partial charge >= 0.3 is 5.97 Å². The van der Waals surface area contributed by atoms with Crippen molar-refractivity contribution in [3.63, 3.8) is 0 Å². The average molecular weight is 478 g/mol. The summed E-state index contributed by atoms with van der Waals surface area (Å²) in [5, 5.41) is 0. The van der Waals surface area contributed by atoms with Crippen LogP contribution < -0.4 is 9.64 Å². The molecule has 3 aliphatic rings. The molecule has 6 nitrogen and oxygen atoms in total. The van der Waals surface area contributed by atoms with E-state index >= 15 is 0 Å². The van der Waals surface area contributed by atoms with Crippen LogP contribution in [0.4, 0.5) is 5.69 Å². The van der Waals surface area contributed by atoms with Crippen molar-refractivity contribution in [1.29, 1.82) is 0 Å². The molecule has 0 N–H and O–H groups in total. The molecule has 6 heteroatoms. The van der Waals surface area contributed by atoms with E-state index in [-0.39, 0.29) is 17.3 Å². The van der Waals surface area contributed by atoms with Gasteiger partial charge in [0.2, 0.25) is 0 Å². The Hall–Kier alpha value is -4.32. The molecule has 0 bridgehead atoms. The van der Waals surface area contributed by atoms with Gasteiger partial charge in [-0.3, -0.25) is 19.2 Å². The normalized spacial score (nSPS) is 22.8. The number of carbonyl (C=O) groups is 4. The summed E-state index contributed by atoms with van der Waals surface area (Å²) in [4.78, 5) is 55.9. The molecule has 1 fully saturated rings. The molecule has 2 heterocycles. The lowest BCUT2D eigenvalue weighted by atomic mass is 9.64. The van der Waals surface area contributed by atoms with E-state index in [1.54, 1.807) is 36.4 Å². The van der Waals surface area contributed by atoms with Gasteiger partial charge in [-0.1, -0.05) is 78.9 Å². The second-order valence-corrected chi connectivity index (χ2v) is 9.52. The number of anilines is 1. The predicted octanol–water partition coefficient (Wildman–Crippen LogP) is 4.63. The SMILES string of the molecule is CC(=O)Oc1cccc2c1N1[C@H](C(C)=O)[C@H](c3ccccc3)C3(C(=O)c4ccccc4C3=O)[C@@H]1C=C2. The Balaban J connectivity index is 1.68. The minimum Gasteiger partial charge on any atom is -0.424 e. The molecule has 0 saturated carbocycles. The van der Waals surface area contributed by atoms with Crippen LogP contribution >= 0.6 is 0 Å². The number of para-hydroxylation sites is 1. The number of carbonyl (C=O) groups excluding carboxylic acids is 4. The Labute approximate surface area is 208 Å². The van der Waals surface area contributed by atoms with E-state index in [9.17, 15) is 19.2 Å². The number of rotatable bonds is 3. The van der Waals surface area contributed by atoms with Crippen LogP contribution in [0.1, 0.15) is 51.6 Å². The van der Waals surface area contributed by atoms with Crippen LogP contribution in [0.5, 0.6) is 5.75 Å². The smallest absolute Gasteiger partial charge is 0.308 e. The lowest BCUT2D eigenvalue weighted by molar-refractivity contribution is -0.131. The summed E-state index contributed by atoms with van der Waals surface area (Å²) < 4.78 is 5.56. The zero-order valence-electron chi connectivity index (χ0n) is 19.8. The summed E-state index contributed by atoms with van der Waals surface area (Å²) in [6.45, 7) is 2.80. The molecule has 2 aliphatic heterocycles. The molecule has 0 amide bonds. The molecule has 3 atom stereocenters. The molecule has 36 heavy (non-hydrogen) atoms. The number of hydrogen-bond donors (Lipinski definition) is 0. The molecule has 6 rings (SSSR count). The molecule has 178 valence electrons. The fourth-order valence-electron chi connectivity index (χ4n) is 6.41. The first kappa shape index (κ1) is 22.2. The third kappa shape index (κ3) is 2.78. The lowest BCUT2D eigenvalue weighted by Crippen LogP contribution is -2.48. The Morgan fingerprint density at radius 3 is 2.08 bits per heavy atom. The number of esters is 1. The fraction of sp³-hybridized carbons (Fsp3) is 0.200. The number of hydrogen-bond acceptors (Lipinski definition) is 6. The van der Waals surface area contributed by atoms with Crippen LogP contribution in [0.2, 0.25) is 0 Å². The van der Waals surface area contributed by atoms with E-state index in [2.05, 4.69) is 0 Å². The number of fused-ring (bicyclic) bond motifs is 5. The van der Waals surface area contributed by atoms with Gasteiger partial charge in [0.25, 0.3) is 0 Å². The second kappa shape index (κ2) is 7.85. The standard InChI is InChI=1S/C30H23NO5/c1-17(32)26-25(19-9-4-3-5-10-19)30(28(34)21-12-6-7-13-22(21)29(30)35)24-16-15-20-11-8-14-23(36-18(2)33)27(20)31(24)26/h3-16,24-26H,1-2H3/t24-,25-,26+/m0/s1. The van der Waals surface area contributed by atoms with Gasteiger partial charge in [-0.2, -0.15) is 0 Å². The van der Waals surface area contributed by atoms with E-state index in [0.717, 1.165) is 11.1 Å². The number of benzene rings is 3. The Bertz CT molecular complexity index is 1450. The third-order valence-electron chi connectivity index (χ3n) is 7.62. The maximum absolute atomic E-state index is 14.3.